The highest BCUT2D eigenvalue weighted by Gasteiger charge is 2.17. The normalized spacial score (nSPS) is 10.8. The number of thiophene rings is 1. The van der Waals surface area contributed by atoms with E-state index in [0.717, 1.165) is 11.3 Å². The van der Waals surface area contributed by atoms with E-state index in [1.807, 2.05) is 0 Å². The van der Waals surface area contributed by atoms with Crippen molar-refractivity contribution in [2.24, 2.45) is 0 Å². The Kier molecular flexibility index (Phi) is 4.96. The van der Waals surface area contributed by atoms with Crippen LogP contribution in [-0.4, -0.2) is 33.7 Å². The molecule has 2 amide bonds. The van der Waals surface area contributed by atoms with E-state index in [0.29, 0.717) is 26.6 Å². The van der Waals surface area contributed by atoms with E-state index < -0.39 is 0 Å². The molecule has 9 heteroatoms. The van der Waals surface area contributed by atoms with Crippen LogP contribution in [0.4, 0.5) is 5.00 Å². The molecule has 0 unspecified atom stereocenters. The van der Waals surface area contributed by atoms with Gasteiger partial charge in [0.15, 0.2) is 5.76 Å². The molecule has 0 aliphatic rings. The lowest BCUT2D eigenvalue weighted by atomic mass is 10.2. The minimum absolute atomic E-state index is 0.144. The number of hydrogen-bond acceptors (Lipinski definition) is 6. The monoisotopic (exact) mass is 408 g/mol. The number of rotatable bonds is 5. The Morgan fingerprint density at radius 2 is 2.00 bits per heavy atom. The van der Waals surface area contributed by atoms with Crippen molar-refractivity contribution < 1.29 is 14.0 Å². The number of fused-ring (bicyclic) bond motifs is 1. The smallest absolute Gasteiger partial charge is 0.291 e. The third kappa shape index (κ3) is 3.94. The molecule has 0 radical (unpaired) electrons. The van der Waals surface area contributed by atoms with Gasteiger partial charge in [-0.25, -0.2) is 4.98 Å². The number of amides is 2. The molecule has 0 atom stereocenters. The van der Waals surface area contributed by atoms with E-state index in [4.69, 9.17) is 4.42 Å². The predicted octanol–water partition coefficient (Wildman–Crippen LogP) is 3.10. The molecule has 0 saturated carbocycles. The summed E-state index contributed by atoms with van der Waals surface area (Å²) >= 11 is 1.15. The molecule has 4 rings (SSSR count). The van der Waals surface area contributed by atoms with Crippen LogP contribution in [0, 0.1) is 0 Å². The highest BCUT2D eigenvalue weighted by atomic mass is 32.1. The fraction of sp³-hybridized carbons (Fsp3) is 0.100. The number of carbonyl (C=O) groups excluding carboxylic acids is 2. The summed E-state index contributed by atoms with van der Waals surface area (Å²) in [7, 11) is 1.62. The number of aromatic nitrogens is 2. The maximum atomic E-state index is 12.7. The lowest BCUT2D eigenvalue weighted by molar-refractivity contribution is 0.0786. The maximum absolute atomic E-state index is 12.7. The fourth-order valence-electron chi connectivity index (χ4n) is 2.80. The first-order valence-electron chi connectivity index (χ1n) is 8.69. The molecule has 2 N–H and O–H groups in total. The molecule has 0 bridgehead atoms. The number of para-hydroxylation sites is 1. The zero-order valence-corrected chi connectivity index (χ0v) is 16.2. The second-order valence-corrected chi connectivity index (χ2v) is 7.37. The van der Waals surface area contributed by atoms with E-state index in [1.54, 1.807) is 55.6 Å². The first-order chi connectivity index (χ1) is 14.0. The molecule has 4 aromatic rings. The van der Waals surface area contributed by atoms with Gasteiger partial charge in [0.25, 0.3) is 17.4 Å². The molecule has 0 aliphatic carbocycles. The predicted molar refractivity (Wildman–Crippen MR) is 109 cm³/mol. The Balaban J connectivity index is 1.46. The molecule has 1 aromatic carbocycles. The Bertz CT molecular complexity index is 1240. The molecule has 0 saturated heterocycles. The van der Waals surface area contributed by atoms with Crippen molar-refractivity contribution in [1.82, 2.24) is 14.9 Å². The number of hydrogen-bond donors (Lipinski definition) is 2. The molecular formula is C20H16N4O4S. The molecular weight excluding hydrogens is 392 g/mol. The Morgan fingerprint density at radius 1 is 1.17 bits per heavy atom. The van der Waals surface area contributed by atoms with Crippen LogP contribution in [0.15, 0.2) is 64.0 Å². The molecule has 0 fully saturated rings. The molecule has 3 aromatic heterocycles. The first kappa shape index (κ1) is 18.6. The summed E-state index contributed by atoms with van der Waals surface area (Å²) in [5, 5.41) is 3.72. The van der Waals surface area contributed by atoms with Gasteiger partial charge in [0.05, 0.1) is 33.6 Å². The summed E-state index contributed by atoms with van der Waals surface area (Å²) in [6.07, 6.45) is 1.42. The van der Waals surface area contributed by atoms with Crippen molar-refractivity contribution in [2.75, 3.05) is 12.4 Å². The van der Waals surface area contributed by atoms with Crippen molar-refractivity contribution in [3.8, 4) is 0 Å². The van der Waals surface area contributed by atoms with Gasteiger partial charge in [-0.1, -0.05) is 12.1 Å². The number of nitrogens with zero attached hydrogens (tertiary/aromatic N) is 2. The molecule has 29 heavy (non-hydrogen) atoms. The summed E-state index contributed by atoms with van der Waals surface area (Å²) in [4.78, 5) is 45.9. The minimum Gasteiger partial charge on any atom is -0.459 e. The van der Waals surface area contributed by atoms with E-state index in [-0.39, 0.29) is 29.7 Å². The van der Waals surface area contributed by atoms with Crippen LogP contribution in [0.2, 0.25) is 0 Å². The zero-order chi connectivity index (χ0) is 20.4. The van der Waals surface area contributed by atoms with Crippen molar-refractivity contribution in [1.29, 1.82) is 0 Å². The minimum atomic E-state index is -0.387. The molecule has 146 valence electrons. The van der Waals surface area contributed by atoms with Gasteiger partial charge in [-0.15, -0.1) is 11.3 Å². The molecule has 3 heterocycles. The third-order valence-corrected chi connectivity index (χ3v) is 5.18. The van der Waals surface area contributed by atoms with Gasteiger partial charge in [0, 0.05) is 7.05 Å². The van der Waals surface area contributed by atoms with Crippen molar-refractivity contribution >= 4 is 39.1 Å². The highest BCUT2D eigenvalue weighted by molar-refractivity contribution is 7.18. The summed E-state index contributed by atoms with van der Waals surface area (Å²) in [5.41, 5.74) is 0.330. The number of nitrogens with one attached hydrogen (secondary N) is 2. The molecule has 0 spiro atoms. The average molecular weight is 408 g/mol. The summed E-state index contributed by atoms with van der Waals surface area (Å²) in [5.74, 6) is -0.0476. The topological polar surface area (TPSA) is 108 Å². The van der Waals surface area contributed by atoms with Crippen molar-refractivity contribution in [2.45, 2.75) is 6.54 Å². The Labute approximate surface area is 168 Å². The fourth-order valence-corrected chi connectivity index (χ4v) is 3.69. The number of furan rings is 1. The van der Waals surface area contributed by atoms with Crippen LogP contribution in [0.5, 0.6) is 0 Å². The van der Waals surface area contributed by atoms with Crippen LogP contribution in [-0.2, 0) is 6.54 Å². The quantitative estimate of drug-likeness (QED) is 0.527. The first-order valence-corrected chi connectivity index (χ1v) is 9.51. The van der Waals surface area contributed by atoms with E-state index >= 15 is 0 Å². The van der Waals surface area contributed by atoms with Crippen molar-refractivity contribution in [3.05, 3.63) is 81.6 Å². The van der Waals surface area contributed by atoms with Crippen LogP contribution in [0.1, 0.15) is 26.1 Å². The SMILES string of the molecule is CN(Cc1nc2ccccc2c(=O)[nH]1)C(=O)c1ccc(NC(=O)c2ccco2)s1. The number of anilines is 1. The van der Waals surface area contributed by atoms with Gasteiger partial charge in [0.2, 0.25) is 0 Å². The van der Waals surface area contributed by atoms with Crippen LogP contribution < -0.4 is 10.9 Å². The lowest BCUT2D eigenvalue weighted by Crippen LogP contribution is -2.27. The van der Waals surface area contributed by atoms with E-state index in [1.165, 1.54) is 11.2 Å². The Hall–Kier alpha value is -3.72. The van der Waals surface area contributed by atoms with Crippen LogP contribution in [0.3, 0.4) is 0 Å². The summed E-state index contributed by atoms with van der Waals surface area (Å²) in [6.45, 7) is 0.144. The number of carbonyl (C=O) groups is 2. The van der Waals surface area contributed by atoms with Gasteiger partial charge in [-0.3, -0.25) is 14.4 Å². The summed E-state index contributed by atoms with van der Waals surface area (Å²) < 4.78 is 5.05. The van der Waals surface area contributed by atoms with Gasteiger partial charge in [-0.2, -0.15) is 0 Å². The van der Waals surface area contributed by atoms with Gasteiger partial charge >= 0.3 is 0 Å². The number of benzene rings is 1. The molecule has 0 aliphatic heterocycles. The van der Waals surface area contributed by atoms with E-state index in [9.17, 15) is 14.4 Å². The van der Waals surface area contributed by atoms with Crippen LogP contribution in [0.25, 0.3) is 10.9 Å². The Morgan fingerprint density at radius 3 is 2.79 bits per heavy atom. The van der Waals surface area contributed by atoms with E-state index in [2.05, 4.69) is 15.3 Å². The third-order valence-electron chi connectivity index (χ3n) is 4.19. The number of aromatic amines is 1. The zero-order valence-electron chi connectivity index (χ0n) is 15.3. The van der Waals surface area contributed by atoms with Crippen LogP contribution >= 0.6 is 11.3 Å². The van der Waals surface area contributed by atoms with Crippen molar-refractivity contribution in [3.63, 3.8) is 0 Å². The van der Waals surface area contributed by atoms with Gasteiger partial charge in [0.1, 0.15) is 5.82 Å². The largest absolute Gasteiger partial charge is 0.459 e. The van der Waals surface area contributed by atoms with Gasteiger partial charge in [-0.05, 0) is 36.4 Å². The highest BCUT2D eigenvalue weighted by Crippen LogP contribution is 2.24. The standard InChI is InChI=1S/C20H16N4O4S/c1-24(11-16-21-13-6-3-2-5-12(13)18(25)22-16)20(27)15-8-9-17(29-15)23-19(26)14-7-4-10-28-14/h2-10H,11H2,1H3,(H,23,26)(H,21,22,25). The summed E-state index contributed by atoms with van der Waals surface area (Å²) in [6, 6.07) is 13.5. The maximum Gasteiger partial charge on any atom is 0.291 e. The molecule has 8 nitrogen and oxygen atoms in total. The average Bonchev–Trinajstić information content (AvgIpc) is 3.39. The second kappa shape index (κ2) is 7.72. The number of H-pyrrole nitrogens is 1. The second-order valence-electron chi connectivity index (χ2n) is 6.29. The lowest BCUT2D eigenvalue weighted by Gasteiger charge is -2.15. The van der Waals surface area contributed by atoms with Gasteiger partial charge < -0.3 is 19.6 Å².